The molecule has 86 valence electrons. The summed E-state index contributed by atoms with van der Waals surface area (Å²) < 4.78 is 0.936. The first-order chi connectivity index (χ1) is 7.74. The van der Waals surface area contributed by atoms with E-state index in [1.165, 1.54) is 0 Å². The minimum Gasteiger partial charge on any atom is -0.357 e. The quantitative estimate of drug-likeness (QED) is 0.896. The van der Waals surface area contributed by atoms with Crippen molar-refractivity contribution in [3.8, 4) is 0 Å². The van der Waals surface area contributed by atoms with Crippen LogP contribution in [0.4, 0.5) is 5.82 Å². The lowest BCUT2D eigenvalue weighted by molar-refractivity contribution is -0.121. The van der Waals surface area contributed by atoms with E-state index in [0.29, 0.717) is 0 Å². The van der Waals surface area contributed by atoms with Crippen LogP contribution in [0.3, 0.4) is 0 Å². The maximum Gasteiger partial charge on any atom is 0.242 e. The number of hydrogen-bond donors (Lipinski definition) is 1. The Labute approximate surface area is 103 Å². The lowest BCUT2D eigenvalue weighted by Crippen LogP contribution is -2.42. The van der Waals surface area contributed by atoms with E-state index in [2.05, 4.69) is 31.1 Å². The predicted molar refractivity (Wildman–Crippen MR) is 66.4 cm³/mol. The summed E-state index contributed by atoms with van der Waals surface area (Å²) in [6.07, 6.45) is 3.67. The molecule has 1 aromatic heterocycles. The number of carbonyl (C=O) groups excluding carboxylic acids is 1. The minimum atomic E-state index is -0.0869. The normalized spacial score (nSPS) is 19.9. The summed E-state index contributed by atoms with van der Waals surface area (Å²) in [4.78, 5) is 18.1. The number of halogens is 1. The molecule has 1 aliphatic heterocycles. The van der Waals surface area contributed by atoms with Crippen LogP contribution in [-0.4, -0.2) is 30.5 Å². The summed E-state index contributed by atoms with van der Waals surface area (Å²) in [5, 5.41) is 2.70. The maximum atomic E-state index is 11.7. The number of amides is 1. The minimum absolute atomic E-state index is 0.0649. The average molecular weight is 284 g/mol. The third-order valence-electron chi connectivity index (χ3n) is 2.81. The number of hydrogen-bond acceptors (Lipinski definition) is 3. The zero-order valence-corrected chi connectivity index (χ0v) is 10.7. The van der Waals surface area contributed by atoms with Crippen molar-refractivity contribution in [1.82, 2.24) is 10.3 Å². The van der Waals surface area contributed by atoms with Crippen molar-refractivity contribution >= 4 is 27.7 Å². The van der Waals surface area contributed by atoms with Crippen molar-refractivity contribution in [3.05, 3.63) is 22.8 Å². The number of nitrogens with zero attached hydrogens (tertiary/aromatic N) is 2. The second-order valence-electron chi connectivity index (χ2n) is 3.77. The van der Waals surface area contributed by atoms with Crippen LogP contribution in [-0.2, 0) is 4.79 Å². The fourth-order valence-corrected chi connectivity index (χ4v) is 2.53. The molecular weight excluding hydrogens is 270 g/mol. The molecule has 0 saturated carbocycles. The molecule has 0 aromatic carbocycles. The molecule has 1 unspecified atom stereocenters. The molecule has 16 heavy (non-hydrogen) atoms. The van der Waals surface area contributed by atoms with Crippen LogP contribution >= 0.6 is 15.9 Å². The van der Waals surface area contributed by atoms with Crippen molar-refractivity contribution < 1.29 is 4.79 Å². The Morgan fingerprint density at radius 1 is 1.69 bits per heavy atom. The number of rotatable bonds is 2. The summed E-state index contributed by atoms with van der Waals surface area (Å²) in [6, 6.07) is 3.73. The van der Waals surface area contributed by atoms with E-state index < -0.39 is 0 Å². The van der Waals surface area contributed by atoms with Crippen molar-refractivity contribution in [2.45, 2.75) is 18.9 Å². The highest BCUT2D eigenvalue weighted by Gasteiger charge is 2.31. The van der Waals surface area contributed by atoms with Crippen molar-refractivity contribution in [3.63, 3.8) is 0 Å². The Morgan fingerprint density at radius 3 is 3.19 bits per heavy atom. The largest absolute Gasteiger partial charge is 0.357 e. The van der Waals surface area contributed by atoms with Gasteiger partial charge in [0.1, 0.15) is 11.9 Å². The fourth-order valence-electron chi connectivity index (χ4n) is 2.05. The number of likely N-dealkylation sites (N-methyl/N-ethyl adjacent to an activating group) is 1. The van der Waals surface area contributed by atoms with Crippen LogP contribution in [0.2, 0.25) is 0 Å². The van der Waals surface area contributed by atoms with E-state index in [1.807, 2.05) is 12.1 Å². The van der Waals surface area contributed by atoms with E-state index in [1.54, 1.807) is 13.2 Å². The average Bonchev–Trinajstić information content (AvgIpc) is 2.77. The summed E-state index contributed by atoms with van der Waals surface area (Å²) in [7, 11) is 1.67. The van der Waals surface area contributed by atoms with E-state index in [0.717, 1.165) is 29.7 Å². The number of pyridine rings is 1. The van der Waals surface area contributed by atoms with Gasteiger partial charge in [-0.2, -0.15) is 0 Å². The number of aromatic nitrogens is 1. The lowest BCUT2D eigenvalue weighted by atomic mass is 10.2. The van der Waals surface area contributed by atoms with Gasteiger partial charge in [-0.15, -0.1) is 0 Å². The SMILES string of the molecule is CNC(=O)C1CCCN1c1ncccc1Br. The van der Waals surface area contributed by atoms with E-state index >= 15 is 0 Å². The van der Waals surface area contributed by atoms with Gasteiger partial charge >= 0.3 is 0 Å². The van der Waals surface area contributed by atoms with Crippen molar-refractivity contribution in [2.75, 3.05) is 18.5 Å². The van der Waals surface area contributed by atoms with Crippen LogP contribution in [0.25, 0.3) is 0 Å². The van der Waals surface area contributed by atoms with Crippen LogP contribution < -0.4 is 10.2 Å². The molecule has 1 saturated heterocycles. The van der Waals surface area contributed by atoms with Gasteiger partial charge in [0.15, 0.2) is 0 Å². The maximum absolute atomic E-state index is 11.7. The highest BCUT2D eigenvalue weighted by molar-refractivity contribution is 9.10. The van der Waals surface area contributed by atoms with Gasteiger partial charge in [-0.1, -0.05) is 0 Å². The van der Waals surface area contributed by atoms with Crippen LogP contribution in [0.15, 0.2) is 22.8 Å². The topological polar surface area (TPSA) is 45.2 Å². The van der Waals surface area contributed by atoms with Gasteiger partial charge < -0.3 is 10.2 Å². The summed E-state index contributed by atoms with van der Waals surface area (Å²) in [5.74, 6) is 0.920. The molecule has 1 aliphatic rings. The fraction of sp³-hybridized carbons (Fsp3) is 0.455. The predicted octanol–water partition coefficient (Wildman–Crippen LogP) is 1.56. The zero-order valence-electron chi connectivity index (χ0n) is 9.11. The lowest BCUT2D eigenvalue weighted by Gasteiger charge is -2.25. The molecule has 1 N–H and O–H groups in total. The van der Waals surface area contributed by atoms with E-state index in [4.69, 9.17) is 0 Å². The van der Waals surface area contributed by atoms with Gasteiger partial charge in [0.05, 0.1) is 4.47 Å². The number of nitrogens with one attached hydrogen (secondary N) is 1. The molecule has 1 aromatic rings. The van der Waals surface area contributed by atoms with Crippen molar-refractivity contribution in [1.29, 1.82) is 0 Å². The molecule has 1 atom stereocenters. The third-order valence-corrected chi connectivity index (χ3v) is 3.43. The Balaban J connectivity index is 2.27. The summed E-state index contributed by atoms with van der Waals surface area (Å²) >= 11 is 3.47. The van der Waals surface area contributed by atoms with Crippen LogP contribution in [0.1, 0.15) is 12.8 Å². The smallest absolute Gasteiger partial charge is 0.242 e. The van der Waals surface area contributed by atoms with Crippen molar-refractivity contribution in [2.24, 2.45) is 0 Å². The van der Waals surface area contributed by atoms with Crippen LogP contribution in [0.5, 0.6) is 0 Å². The summed E-state index contributed by atoms with van der Waals surface area (Å²) in [6.45, 7) is 0.883. The van der Waals surface area contributed by atoms with Gasteiger partial charge in [0.2, 0.25) is 5.91 Å². The van der Waals surface area contributed by atoms with Crippen LogP contribution in [0, 0.1) is 0 Å². The molecule has 1 amide bonds. The molecular formula is C11H14BrN3O. The Kier molecular flexibility index (Phi) is 3.43. The molecule has 5 heteroatoms. The van der Waals surface area contributed by atoms with E-state index in [9.17, 15) is 4.79 Å². The Bertz CT molecular complexity index is 397. The highest BCUT2D eigenvalue weighted by Crippen LogP contribution is 2.29. The number of carbonyl (C=O) groups is 1. The molecule has 0 bridgehead atoms. The third kappa shape index (κ3) is 2.04. The second-order valence-corrected chi connectivity index (χ2v) is 4.63. The zero-order chi connectivity index (χ0) is 11.5. The monoisotopic (exact) mass is 283 g/mol. The standard InChI is InChI=1S/C11H14BrN3O/c1-13-11(16)9-5-3-7-15(9)10-8(12)4-2-6-14-10/h2,4,6,9H,3,5,7H2,1H3,(H,13,16). The first kappa shape index (κ1) is 11.4. The molecule has 2 heterocycles. The first-order valence-corrected chi connectivity index (χ1v) is 6.12. The van der Waals surface area contributed by atoms with Gasteiger partial charge in [-0.25, -0.2) is 4.98 Å². The molecule has 0 spiro atoms. The Hall–Kier alpha value is -1.10. The molecule has 2 rings (SSSR count). The van der Waals surface area contributed by atoms with Gasteiger partial charge in [-0.05, 0) is 40.9 Å². The first-order valence-electron chi connectivity index (χ1n) is 5.33. The Morgan fingerprint density at radius 2 is 2.50 bits per heavy atom. The molecule has 4 nitrogen and oxygen atoms in total. The molecule has 0 aliphatic carbocycles. The molecule has 0 radical (unpaired) electrons. The molecule has 1 fully saturated rings. The highest BCUT2D eigenvalue weighted by atomic mass is 79.9. The number of anilines is 1. The van der Waals surface area contributed by atoms with Gasteiger partial charge in [0, 0.05) is 19.8 Å². The van der Waals surface area contributed by atoms with Gasteiger partial charge in [0.25, 0.3) is 0 Å². The van der Waals surface area contributed by atoms with Gasteiger partial charge in [-0.3, -0.25) is 4.79 Å². The van der Waals surface area contributed by atoms with E-state index in [-0.39, 0.29) is 11.9 Å². The summed E-state index contributed by atoms with van der Waals surface area (Å²) in [5.41, 5.74) is 0. The second kappa shape index (κ2) is 4.82.